The zero-order valence-electron chi connectivity index (χ0n) is 16.5. The van der Waals surface area contributed by atoms with Crippen LogP contribution in [-0.4, -0.2) is 54.0 Å². The predicted molar refractivity (Wildman–Crippen MR) is 102 cm³/mol. The van der Waals surface area contributed by atoms with E-state index in [9.17, 15) is 14.7 Å². The summed E-state index contributed by atoms with van der Waals surface area (Å²) < 4.78 is 28.7. The Labute approximate surface area is 172 Å². The Morgan fingerprint density at radius 1 is 1.13 bits per heavy atom. The summed E-state index contributed by atoms with van der Waals surface area (Å²) in [4.78, 5) is 23.2. The summed E-state index contributed by atoms with van der Waals surface area (Å²) in [5, 5.41) is 13.6. The average Bonchev–Trinajstić information content (AvgIpc) is 3.26. The van der Waals surface area contributed by atoms with E-state index in [0.29, 0.717) is 17.1 Å². The largest absolute Gasteiger partial charge is 0.464 e. The summed E-state index contributed by atoms with van der Waals surface area (Å²) in [6, 6.07) is 9.06. The van der Waals surface area contributed by atoms with Crippen LogP contribution in [0.3, 0.4) is 0 Å². The quantitative estimate of drug-likeness (QED) is 0.704. The molecule has 6 atom stereocenters. The van der Waals surface area contributed by atoms with Gasteiger partial charge in [0.25, 0.3) is 0 Å². The maximum atomic E-state index is 11.7. The molecule has 0 spiro atoms. The van der Waals surface area contributed by atoms with Gasteiger partial charge in [-0.3, -0.25) is 9.59 Å². The molecular weight excluding hydrogens is 394 g/mol. The minimum absolute atomic E-state index is 0.0625. The van der Waals surface area contributed by atoms with Crippen molar-refractivity contribution in [2.24, 2.45) is 0 Å². The van der Waals surface area contributed by atoms with Gasteiger partial charge in [0, 0.05) is 12.5 Å². The number of hydrogen-bond donors (Lipinski definition) is 2. The van der Waals surface area contributed by atoms with Crippen molar-refractivity contribution in [3.63, 3.8) is 0 Å². The lowest BCUT2D eigenvalue weighted by Gasteiger charge is -2.47. The summed E-state index contributed by atoms with van der Waals surface area (Å²) in [5.74, 6) is 0.488. The number of benzene rings is 1. The minimum Gasteiger partial charge on any atom is -0.464 e. The number of Topliss-reactive ketones (excluding diaryl/α,β-unsaturated/α-hetero) is 1. The average molecular weight is 417 g/mol. The number of hydrogen-bond acceptors (Lipinski definition) is 8. The number of nitrogens with one attached hydrogen (secondary N) is 1. The van der Waals surface area contributed by atoms with Gasteiger partial charge in [0.1, 0.15) is 30.1 Å². The van der Waals surface area contributed by atoms with Crippen LogP contribution in [0.2, 0.25) is 0 Å². The van der Waals surface area contributed by atoms with Crippen LogP contribution in [0.1, 0.15) is 36.3 Å². The standard InChI is InChI=1S/C21H23NO8/c1-11(23)13-5-7-14(8-6-13)28-21-17(22-12(2)24)18(25)19-16(29-21)10-27-20(30-19)15-4-3-9-26-15/h3-9,16-21,25H,10H2,1-2H3,(H,22,24)/t16-,17-,18-,19-,20-,21+/m0/s1. The lowest BCUT2D eigenvalue weighted by molar-refractivity contribution is -0.336. The SMILES string of the molecule is CC(=O)N[C@@H]1[C@H](Oc2ccc(C(C)=O)cc2)O[C@H]2CO[C@H](c3ccco3)O[C@@H]2[C@H]1O. The number of carbonyl (C=O) groups is 2. The molecule has 0 bridgehead atoms. The molecule has 2 N–H and O–H groups in total. The van der Waals surface area contributed by atoms with E-state index in [1.54, 1.807) is 36.4 Å². The van der Waals surface area contributed by atoms with E-state index in [1.165, 1.54) is 20.1 Å². The molecule has 30 heavy (non-hydrogen) atoms. The maximum absolute atomic E-state index is 11.7. The highest BCUT2D eigenvalue weighted by Gasteiger charge is 2.51. The lowest BCUT2D eigenvalue weighted by atomic mass is 9.96. The van der Waals surface area contributed by atoms with E-state index in [-0.39, 0.29) is 18.3 Å². The maximum Gasteiger partial charge on any atom is 0.223 e. The van der Waals surface area contributed by atoms with Crippen LogP contribution in [0.25, 0.3) is 0 Å². The van der Waals surface area contributed by atoms with Crippen molar-refractivity contribution in [2.45, 2.75) is 50.8 Å². The number of furan rings is 1. The molecule has 0 saturated carbocycles. The van der Waals surface area contributed by atoms with Gasteiger partial charge in [-0.1, -0.05) is 0 Å². The minimum atomic E-state index is -1.12. The van der Waals surface area contributed by atoms with Gasteiger partial charge in [-0.05, 0) is 43.3 Å². The highest BCUT2D eigenvalue weighted by atomic mass is 16.8. The summed E-state index contributed by atoms with van der Waals surface area (Å²) in [5.41, 5.74) is 0.545. The summed E-state index contributed by atoms with van der Waals surface area (Å²) in [6.45, 7) is 2.96. The van der Waals surface area contributed by atoms with Crippen molar-refractivity contribution in [3.05, 3.63) is 54.0 Å². The molecule has 2 aromatic rings. The molecule has 1 amide bonds. The number of amides is 1. The Morgan fingerprint density at radius 3 is 2.53 bits per heavy atom. The van der Waals surface area contributed by atoms with Crippen molar-refractivity contribution in [1.29, 1.82) is 0 Å². The van der Waals surface area contributed by atoms with Crippen LogP contribution < -0.4 is 10.1 Å². The smallest absolute Gasteiger partial charge is 0.223 e. The Bertz CT molecular complexity index is 881. The molecule has 0 radical (unpaired) electrons. The molecule has 2 fully saturated rings. The lowest BCUT2D eigenvalue weighted by Crippen LogP contribution is -2.67. The summed E-state index contributed by atoms with van der Waals surface area (Å²) in [6.07, 6.45) is -2.75. The van der Waals surface area contributed by atoms with Crippen LogP contribution in [-0.2, 0) is 19.0 Å². The highest BCUT2D eigenvalue weighted by Crippen LogP contribution is 2.35. The van der Waals surface area contributed by atoms with E-state index in [1.807, 2.05) is 0 Å². The van der Waals surface area contributed by atoms with Crippen LogP contribution in [0.4, 0.5) is 0 Å². The van der Waals surface area contributed by atoms with Gasteiger partial charge in [-0.2, -0.15) is 0 Å². The number of fused-ring (bicyclic) bond motifs is 1. The predicted octanol–water partition coefficient (Wildman–Crippen LogP) is 1.57. The summed E-state index contributed by atoms with van der Waals surface area (Å²) >= 11 is 0. The Hall–Kier alpha value is -2.72. The zero-order chi connectivity index (χ0) is 21.3. The molecule has 1 aromatic carbocycles. The second-order valence-electron chi connectivity index (χ2n) is 7.24. The fraction of sp³-hybridized carbons (Fsp3) is 0.429. The normalized spacial score (nSPS) is 30.9. The number of ether oxygens (including phenoxy) is 4. The van der Waals surface area contributed by atoms with Crippen LogP contribution in [0.15, 0.2) is 47.1 Å². The first-order valence-electron chi connectivity index (χ1n) is 9.61. The third-order valence-corrected chi connectivity index (χ3v) is 5.02. The zero-order valence-corrected chi connectivity index (χ0v) is 16.5. The van der Waals surface area contributed by atoms with Crippen molar-refractivity contribution >= 4 is 11.7 Å². The van der Waals surface area contributed by atoms with Crippen LogP contribution >= 0.6 is 0 Å². The first-order valence-corrected chi connectivity index (χ1v) is 9.61. The van der Waals surface area contributed by atoms with E-state index in [0.717, 1.165) is 0 Å². The topological polar surface area (TPSA) is 116 Å². The molecule has 1 aromatic heterocycles. The molecule has 4 rings (SSSR count). The van der Waals surface area contributed by atoms with Gasteiger partial charge >= 0.3 is 0 Å². The van der Waals surface area contributed by atoms with Crippen molar-refractivity contribution in [2.75, 3.05) is 6.61 Å². The van der Waals surface area contributed by atoms with Crippen molar-refractivity contribution in [1.82, 2.24) is 5.32 Å². The van der Waals surface area contributed by atoms with E-state index >= 15 is 0 Å². The fourth-order valence-corrected chi connectivity index (χ4v) is 3.55. The van der Waals surface area contributed by atoms with E-state index < -0.39 is 36.9 Å². The molecule has 2 aliphatic rings. The molecule has 3 heterocycles. The Balaban J connectivity index is 1.51. The molecule has 160 valence electrons. The third kappa shape index (κ3) is 4.24. The summed E-state index contributed by atoms with van der Waals surface area (Å²) in [7, 11) is 0. The number of rotatable bonds is 5. The molecule has 2 saturated heterocycles. The third-order valence-electron chi connectivity index (χ3n) is 5.02. The van der Waals surface area contributed by atoms with Crippen LogP contribution in [0, 0.1) is 0 Å². The van der Waals surface area contributed by atoms with E-state index in [2.05, 4.69) is 5.32 Å². The molecule has 2 aliphatic heterocycles. The number of aliphatic hydroxyl groups excluding tert-OH is 1. The first-order chi connectivity index (χ1) is 14.4. The fourth-order valence-electron chi connectivity index (χ4n) is 3.55. The van der Waals surface area contributed by atoms with Crippen molar-refractivity contribution < 1.29 is 38.1 Å². The highest BCUT2D eigenvalue weighted by molar-refractivity contribution is 5.94. The molecule has 9 heteroatoms. The molecule has 9 nitrogen and oxygen atoms in total. The van der Waals surface area contributed by atoms with Gasteiger partial charge in [0.05, 0.1) is 12.9 Å². The van der Waals surface area contributed by atoms with E-state index in [4.69, 9.17) is 23.4 Å². The van der Waals surface area contributed by atoms with Gasteiger partial charge < -0.3 is 33.8 Å². The Morgan fingerprint density at radius 2 is 1.90 bits per heavy atom. The monoisotopic (exact) mass is 417 g/mol. The Kier molecular flexibility index (Phi) is 5.87. The molecule has 0 unspecified atom stereocenters. The molecule has 0 aliphatic carbocycles. The van der Waals surface area contributed by atoms with Gasteiger partial charge in [0.15, 0.2) is 11.5 Å². The molecular formula is C21H23NO8. The second-order valence-corrected chi connectivity index (χ2v) is 7.24. The van der Waals surface area contributed by atoms with Gasteiger partial charge in [-0.25, -0.2) is 0 Å². The number of ketones is 1. The van der Waals surface area contributed by atoms with Crippen molar-refractivity contribution in [3.8, 4) is 5.75 Å². The first kappa shape index (κ1) is 20.5. The van der Waals surface area contributed by atoms with Crippen LogP contribution in [0.5, 0.6) is 5.75 Å². The van der Waals surface area contributed by atoms with Gasteiger partial charge in [0.2, 0.25) is 18.5 Å². The number of aliphatic hydroxyl groups is 1. The second kappa shape index (κ2) is 8.57. The van der Waals surface area contributed by atoms with Gasteiger partial charge in [-0.15, -0.1) is 0 Å². The number of carbonyl (C=O) groups excluding carboxylic acids is 2.